The van der Waals surface area contributed by atoms with E-state index in [4.69, 9.17) is 0 Å². The number of hydrogen-bond donors (Lipinski definition) is 0. The van der Waals surface area contributed by atoms with Crippen molar-refractivity contribution in [2.24, 2.45) is 0 Å². The highest BCUT2D eigenvalue weighted by Crippen LogP contribution is 2.52. The topological polar surface area (TPSA) is 0 Å². The van der Waals surface area contributed by atoms with E-state index in [9.17, 15) is 79.0 Å². The maximum absolute atomic E-state index is 13.9. The normalized spacial score (nSPS) is 14.2. The molecule has 0 radical (unpaired) electrons. The van der Waals surface area contributed by atoms with Gasteiger partial charge >= 0.3 is 37.1 Å². The van der Waals surface area contributed by atoms with Crippen LogP contribution in [-0.2, 0) is 37.8 Å². The largest absolute Gasteiger partial charge is 0.417 e. The van der Waals surface area contributed by atoms with E-state index in [2.05, 4.69) is 0 Å². The van der Waals surface area contributed by atoms with Crippen molar-refractivity contribution in [3.63, 3.8) is 0 Å². The van der Waals surface area contributed by atoms with Gasteiger partial charge in [-0.15, -0.1) is 0 Å². The van der Waals surface area contributed by atoms with Crippen LogP contribution < -0.4 is 0 Å². The lowest BCUT2D eigenvalue weighted by Gasteiger charge is -2.27. The molecule has 0 aliphatic rings. The number of benzene rings is 2. The zero-order chi connectivity index (χ0) is 30.6. The van der Waals surface area contributed by atoms with Gasteiger partial charge in [0, 0.05) is 0 Å². The Balaban J connectivity index is 3.28. The summed E-state index contributed by atoms with van der Waals surface area (Å²) < 4.78 is 241. The highest BCUT2D eigenvalue weighted by molar-refractivity contribution is 5.78. The Kier molecular flexibility index (Phi) is 8.29. The summed E-state index contributed by atoms with van der Waals surface area (Å²) in [5, 5.41) is 0. The fourth-order valence-corrected chi connectivity index (χ4v) is 3.86. The van der Waals surface area contributed by atoms with Crippen LogP contribution in [0.15, 0.2) is 24.3 Å². The number of alkyl halides is 18. The Labute approximate surface area is 205 Å². The van der Waals surface area contributed by atoms with Crippen LogP contribution in [-0.4, -0.2) is 18.5 Å². The van der Waals surface area contributed by atoms with Gasteiger partial charge in [-0.05, 0) is 33.9 Å². The quantitative estimate of drug-likeness (QED) is 0.305. The fourth-order valence-electron chi connectivity index (χ4n) is 3.86. The lowest BCUT2D eigenvalue weighted by atomic mass is 9.82. The molecule has 0 fully saturated rings. The Morgan fingerprint density at radius 2 is 0.821 bits per heavy atom. The minimum Gasteiger partial charge on any atom is -0.171 e. The Hall–Kier alpha value is -2.82. The molecule has 2 aromatic carbocycles. The molecule has 0 aliphatic heterocycles. The first-order valence-electron chi connectivity index (χ1n) is 9.84. The van der Waals surface area contributed by atoms with Gasteiger partial charge in [0.1, 0.15) is 0 Å². The van der Waals surface area contributed by atoms with Crippen LogP contribution in [0.25, 0.3) is 11.1 Å². The molecule has 0 amide bonds. The van der Waals surface area contributed by atoms with E-state index < -0.39 is 113 Å². The zero-order valence-corrected chi connectivity index (χ0v) is 18.2. The van der Waals surface area contributed by atoms with Crippen molar-refractivity contribution < 1.29 is 79.0 Å². The van der Waals surface area contributed by atoms with Crippen LogP contribution in [0.3, 0.4) is 0 Å². The first-order valence-corrected chi connectivity index (χ1v) is 9.84. The smallest absolute Gasteiger partial charge is 0.171 e. The van der Waals surface area contributed by atoms with Crippen LogP contribution in [0.1, 0.15) is 33.4 Å². The average Bonchev–Trinajstić information content (AvgIpc) is 2.63. The van der Waals surface area contributed by atoms with Gasteiger partial charge in [-0.2, -0.15) is 79.0 Å². The second-order valence-corrected chi connectivity index (χ2v) is 8.02. The van der Waals surface area contributed by atoms with Crippen LogP contribution in [0.2, 0.25) is 0 Å². The van der Waals surface area contributed by atoms with Crippen molar-refractivity contribution in [2.75, 3.05) is 0 Å². The van der Waals surface area contributed by atoms with Crippen LogP contribution in [0.5, 0.6) is 0 Å². The molecule has 0 saturated carbocycles. The third-order valence-electron chi connectivity index (χ3n) is 5.00. The molecule has 0 aromatic heterocycles. The van der Waals surface area contributed by atoms with Gasteiger partial charge in [0.2, 0.25) is 0 Å². The summed E-state index contributed by atoms with van der Waals surface area (Å²) in [7, 11) is 0. The van der Waals surface area contributed by atoms with E-state index in [1.807, 2.05) is 0 Å². The molecule has 39 heavy (non-hydrogen) atoms. The van der Waals surface area contributed by atoms with Crippen LogP contribution in [0.4, 0.5) is 79.0 Å². The Morgan fingerprint density at radius 1 is 0.410 bits per heavy atom. The van der Waals surface area contributed by atoms with E-state index in [0.717, 1.165) is 0 Å². The van der Waals surface area contributed by atoms with E-state index in [1.54, 1.807) is 0 Å². The molecule has 0 spiro atoms. The minimum absolute atomic E-state index is 0.0227. The molecule has 2 aromatic rings. The molecular weight excluding hydrogens is 594 g/mol. The van der Waals surface area contributed by atoms with Gasteiger partial charge in [-0.3, -0.25) is 0 Å². The van der Waals surface area contributed by atoms with Gasteiger partial charge in [0.25, 0.3) is 0 Å². The summed E-state index contributed by atoms with van der Waals surface area (Å²) in [5.74, 6) is 0. The van der Waals surface area contributed by atoms with E-state index in [0.29, 0.717) is 0 Å². The first kappa shape index (κ1) is 32.4. The van der Waals surface area contributed by atoms with Gasteiger partial charge in [-0.25, -0.2) is 0 Å². The van der Waals surface area contributed by atoms with Crippen molar-refractivity contribution in [1.82, 2.24) is 0 Å². The Bertz CT molecular complexity index is 1180. The summed E-state index contributed by atoms with van der Waals surface area (Å²) >= 11 is 0. The predicted molar refractivity (Wildman–Crippen MR) is 96.2 cm³/mol. The number of halogens is 18. The maximum Gasteiger partial charge on any atom is 0.417 e. The van der Waals surface area contributed by atoms with E-state index in [-0.39, 0.29) is 12.1 Å². The van der Waals surface area contributed by atoms with Crippen molar-refractivity contribution in [1.29, 1.82) is 0 Å². The van der Waals surface area contributed by atoms with Gasteiger partial charge in [0.05, 0.1) is 36.0 Å². The molecule has 0 bridgehead atoms. The van der Waals surface area contributed by atoms with Gasteiger partial charge in [-0.1, -0.05) is 18.2 Å². The molecule has 0 atom stereocenters. The van der Waals surface area contributed by atoms with Crippen molar-refractivity contribution in [3.8, 4) is 11.1 Å². The summed E-state index contributed by atoms with van der Waals surface area (Å²) in [6, 6.07) is -1.01. The number of hydrogen-bond acceptors (Lipinski definition) is 0. The molecule has 0 aliphatic carbocycles. The maximum atomic E-state index is 13.9. The highest BCUT2D eigenvalue weighted by Gasteiger charge is 2.52. The summed E-state index contributed by atoms with van der Waals surface area (Å²) in [6.07, 6.45) is -43.2. The Morgan fingerprint density at radius 3 is 1.21 bits per heavy atom. The molecule has 220 valence electrons. The van der Waals surface area contributed by atoms with Crippen molar-refractivity contribution in [2.45, 2.75) is 56.3 Å². The fraction of sp³-hybridized carbons (Fsp3) is 0.429. The molecule has 18 heteroatoms. The SMILES string of the molecule is FC(F)(F)Cc1ccc(CC(F)(F)F)c(-c2ccc(C(F)(F)F)c(C(F)(F)F)c2C(F)(F)F)c1CC(F)(F)F. The highest BCUT2D eigenvalue weighted by atomic mass is 19.4. The van der Waals surface area contributed by atoms with E-state index >= 15 is 0 Å². The second kappa shape index (κ2) is 9.98. The van der Waals surface area contributed by atoms with Gasteiger partial charge in [0.15, 0.2) is 0 Å². The van der Waals surface area contributed by atoms with Crippen molar-refractivity contribution >= 4 is 0 Å². The third-order valence-corrected chi connectivity index (χ3v) is 5.00. The number of rotatable bonds is 4. The molecule has 2 rings (SSSR count). The molecule has 0 nitrogen and oxygen atoms in total. The summed E-state index contributed by atoms with van der Waals surface area (Å²) in [5.41, 5.74) is -19.1. The molecule has 0 N–H and O–H groups in total. The second-order valence-electron chi connectivity index (χ2n) is 8.02. The first-order chi connectivity index (χ1) is 17.1. The molecule has 0 saturated heterocycles. The molecule has 0 unspecified atom stereocenters. The average molecular weight is 604 g/mol. The third kappa shape index (κ3) is 8.33. The standard InChI is InChI=1S/C21H10F18/c22-16(23,24)5-8-1-2-9(6-17(25,26)27)13(11(8)7-18(28,29)30)10-3-4-12(19(31,32)33)15(21(37,38)39)14(10)20(34,35)36/h1-4H,5-7H2. The monoisotopic (exact) mass is 604 g/mol. The summed E-state index contributed by atoms with van der Waals surface area (Å²) in [6.45, 7) is 0. The predicted octanol–water partition coefficient (Wildman–Crippen LogP) is 9.72. The summed E-state index contributed by atoms with van der Waals surface area (Å²) in [4.78, 5) is 0. The van der Waals surface area contributed by atoms with E-state index in [1.165, 1.54) is 0 Å². The van der Waals surface area contributed by atoms with Gasteiger partial charge < -0.3 is 0 Å². The lowest BCUT2D eigenvalue weighted by molar-refractivity contribution is -0.174. The lowest BCUT2D eigenvalue weighted by Crippen LogP contribution is -2.25. The molecular formula is C21H10F18. The molecule has 0 heterocycles. The van der Waals surface area contributed by atoms with Crippen molar-refractivity contribution in [3.05, 3.63) is 57.6 Å². The minimum atomic E-state index is -6.52. The zero-order valence-electron chi connectivity index (χ0n) is 18.2. The van der Waals surface area contributed by atoms with Crippen LogP contribution >= 0.6 is 0 Å². The van der Waals surface area contributed by atoms with Crippen LogP contribution in [0, 0.1) is 0 Å².